The highest BCUT2D eigenvalue weighted by Crippen LogP contribution is 2.27. The third-order valence-corrected chi connectivity index (χ3v) is 3.57. The van der Waals surface area contributed by atoms with Crippen molar-refractivity contribution in [3.63, 3.8) is 0 Å². The van der Waals surface area contributed by atoms with Crippen molar-refractivity contribution in [1.82, 2.24) is 9.78 Å². The normalized spacial score (nSPS) is 12.1. The summed E-state index contributed by atoms with van der Waals surface area (Å²) in [5.74, 6) is 0. The molecule has 1 aromatic rings. The summed E-state index contributed by atoms with van der Waals surface area (Å²) in [6.07, 6.45) is 2.02. The van der Waals surface area contributed by atoms with Crippen molar-refractivity contribution in [3.05, 3.63) is 16.4 Å². The Morgan fingerprint density at radius 3 is 2.27 bits per heavy atom. The molecule has 0 aliphatic carbocycles. The highest BCUT2D eigenvalue weighted by Gasteiger charge is 2.26. The maximum Gasteiger partial charge on any atom is 0.0848 e. The number of halogens is 1. The van der Waals surface area contributed by atoms with E-state index in [1.54, 1.807) is 4.68 Å². The smallest absolute Gasteiger partial charge is 0.0848 e. The van der Waals surface area contributed by atoms with Crippen molar-refractivity contribution in [1.29, 1.82) is 0 Å². The van der Waals surface area contributed by atoms with Crippen LogP contribution in [0.5, 0.6) is 0 Å². The van der Waals surface area contributed by atoms with Crippen molar-refractivity contribution in [2.24, 2.45) is 7.05 Å². The number of nitrogens with zero attached hydrogens (tertiary/aromatic N) is 2. The van der Waals surface area contributed by atoms with Gasteiger partial charge in [-0.15, -0.1) is 0 Å². The van der Waals surface area contributed by atoms with E-state index in [1.165, 1.54) is 0 Å². The Morgan fingerprint density at radius 1 is 1.40 bits per heavy atom. The lowest BCUT2D eigenvalue weighted by molar-refractivity contribution is 0.0309. The summed E-state index contributed by atoms with van der Waals surface area (Å²) >= 11 is 6.14. The molecule has 0 saturated carbocycles. The van der Waals surface area contributed by atoms with Gasteiger partial charge >= 0.3 is 0 Å². The molecule has 1 aromatic heterocycles. The van der Waals surface area contributed by atoms with Gasteiger partial charge in [0.25, 0.3) is 0 Å². The van der Waals surface area contributed by atoms with Crippen LogP contribution in [0.3, 0.4) is 0 Å². The fraction of sp³-hybridized carbons (Fsp3) is 0.727. The Hall–Kier alpha value is -0.540. The van der Waals surface area contributed by atoms with Crippen LogP contribution in [-0.4, -0.2) is 20.5 Å². The van der Waals surface area contributed by atoms with E-state index in [0.29, 0.717) is 11.4 Å². The predicted molar refractivity (Wildman–Crippen MR) is 62.2 cm³/mol. The van der Waals surface area contributed by atoms with Gasteiger partial charge in [0.1, 0.15) is 0 Å². The molecule has 0 bridgehead atoms. The monoisotopic (exact) mass is 230 g/mol. The quantitative estimate of drug-likeness (QED) is 0.863. The van der Waals surface area contributed by atoms with E-state index in [1.807, 2.05) is 27.8 Å². The lowest BCUT2D eigenvalue weighted by atomic mass is 9.92. The predicted octanol–water partition coefficient (Wildman–Crippen LogP) is 2.48. The van der Waals surface area contributed by atoms with E-state index in [4.69, 9.17) is 11.6 Å². The van der Waals surface area contributed by atoms with Crippen LogP contribution in [-0.2, 0) is 13.5 Å². The second-order valence-electron chi connectivity index (χ2n) is 4.08. The molecular weight excluding hydrogens is 212 g/mol. The minimum absolute atomic E-state index is 0.566. The molecule has 1 heterocycles. The van der Waals surface area contributed by atoms with Crippen LogP contribution in [0.1, 0.15) is 38.1 Å². The molecule has 0 fully saturated rings. The first kappa shape index (κ1) is 12.5. The Bertz CT molecular complexity index is 343. The summed E-state index contributed by atoms with van der Waals surface area (Å²) in [6.45, 7) is 5.85. The first-order valence-electron chi connectivity index (χ1n) is 5.34. The first-order valence-corrected chi connectivity index (χ1v) is 5.71. The molecule has 15 heavy (non-hydrogen) atoms. The van der Waals surface area contributed by atoms with Crippen LogP contribution in [0.15, 0.2) is 0 Å². The van der Waals surface area contributed by atoms with Gasteiger partial charge in [0.05, 0.1) is 22.0 Å². The molecule has 0 aliphatic heterocycles. The minimum Gasteiger partial charge on any atom is -0.390 e. The van der Waals surface area contributed by atoms with E-state index in [2.05, 4.69) is 5.10 Å². The number of aryl methyl sites for hydroxylation is 2. The highest BCUT2D eigenvalue weighted by molar-refractivity contribution is 6.31. The highest BCUT2D eigenvalue weighted by atomic mass is 35.5. The average Bonchev–Trinajstić information content (AvgIpc) is 2.45. The molecule has 0 atom stereocenters. The molecule has 0 aromatic carbocycles. The molecule has 1 rings (SSSR count). The van der Waals surface area contributed by atoms with Crippen LogP contribution in [0.4, 0.5) is 0 Å². The van der Waals surface area contributed by atoms with Crippen molar-refractivity contribution in [2.75, 3.05) is 0 Å². The van der Waals surface area contributed by atoms with Crippen molar-refractivity contribution in [2.45, 2.75) is 45.6 Å². The van der Waals surface area contributed by atoms with E-state index in [9.17, 15) is 5.11 Å². The largest absolute Gasteiger partial charge is 0.390 e. The van der Waals surface area contributed by atoms with Gasteiger partial charge in [0, 0.05) is 13.5 Å². The molecule has 3 nitrogen and oxygen atoms in total. The Labute approximate surface area is 96.1 Å². The summed E-state index contributed by atoms with van der Waals surface area (Å²) < 4.78 is 1.76. The maximum atomic E-state index is 10.2. The Balaban J connectivity index is 2.98. The van der Waals surface area contributed by atoms with Gasteiger partial charge in [-0.25, -0.2) is 0 Å². The number of hydrogen-bond acceptors (Lipinski definition) is 2. The van der Waals surface area contributed by atoms with Gasteiger partial charge in [0.15, 0.2) is 0 Å². The summed E-state index contributed by atoms with van der Waals surface area (Å²) in [7, 11) is 1.86. The molecule has 0 radical (unpaired) electrons. The fourth-order valence-electron chi connectivity index (χ4n) is 1.68. The molecule has 0 saturated heterocycles. The number of aromatic nitrogens is 2. The van der Waals surface area contributed by atoms with Gasteiger partial charge in [0.2, 0.25) is 0 Å². The number of aliphatic hydroxyl groups is 1. The molecule has 4 heteroatoms. The summed E-state index contributed by atoms with van der Waals surface area (Å²) in [5.41, 5.74) is 1.08. The van der Waals surface area contributed by atoms with Crippen LogP contribution in [0.25, 0.3) is 0 Å². The Morgan fingerprint density at radius 2 is 1.93 bits per heavy atom. The number of hydrogen-bond donors (Lipinski definition) is 1. The molecule has 86 valence electrons. The molecule has 0 aliphatic rings. The van der Waals surface area contributed by atoms with E-state index in [-0.39, 0.29) is 0 Å². The van der Waals surface area contributed by atoms with Crippen LogP contribution in [0.2, 0.25) is 5.02 Å². The second-order valence-corrected chi connectivity index (χ2v) is 4.46. The fourth-order valence-corrected chi connectivity index (χ4v) is 1.91. The maximum absolute atomic E-state index is 10.2. The third kappa shape index (κ3) is 2.52. The lowest BCUT2D eigenvalue weighted by Crippen LogP contribution is -2.30. The summed E-state index contributed by atoms with van der Waals surface area (Å²) in [5, 5.41) is 15.2. The zero-order chi connectivity index (χ0) is 11.6. The van der Waals surface area contributed by atoms with Gasteiger partial charge in [-0.05, 0) is 19.8 Å². The summed E-state index contributed by atoms with van der Waals surface area (Å²) in [4.78, 5) is 0. The van der Waals surface area contributed by atoms with Gasteiger partial charge in [-0.3, -0.25) is 4.68 Å². The van der Waals surface area contributed by atoms with Gasteiger partial charge in [-0.1, -0.05) is 25.4 Å². The summed E-state index contributed by atoms with van der Waals surface area (Å²) in [6, 6.07) is 0. The first-order chi connectivity index (χ1) is 6.93. The molecule has 0 unspecified atom stereocenters. The van der Waals surface area contributed by atoms with Gasteiger partial charge < -0.3 is 5.11 Å². The zero-order valence-corrected chi connectivity index (χ0v) is 10.6. The van der Waals surface area contributed by atoms with Crippen LogP contribution < -0.4 is 0 Å². The Kier molecular flexibility index (Phi) is 3.79. The standard InChI is InChI=1S/C11H19ClN2O/c1-5-11(15,6-2)7-9-10(12)8(3)13-14(9)4/h15H,5-7H2,1-4H3. The van der Waals surface area contributed by atoms with Crippen molar-refractivity contribution < 1.29 is 5.11 Å². The minimum atomic E-state index is -0.663. The second kappa shape index (κ2) is 4.54. The molecule has 0 spiro atoms. The SMILES string of the molecule is CCC(O)(CC)Cc1c(Cl)c(C)nn1C. The van der Waals surface area contributed by atoms with E-state index >= 15 is 0 Å². The molecule has 0 amide bonds. The third-order valence-electron chi connectivity index (χ3n) is 3.07. The van der Waals surface area contributed by atoms with E-state index in [0.717, 1.165) is 24.2 Å². The topological polar surface area (TPSA) is 38.1 Å². The van der Waals surface area contributed by atoms with Crippen LogP contribution in [0, 0.1) is 6.92 Å². The van der Waals surface area contributed by atoms with Crippen LogP contribution >= 0.6 is 11.6 Å². The zero-order valence-electron chi connectivity index (χ0n) is 9.84. The lowest BCUT2D eigenvalue weighted by Gasteiger charge is -2.25. The van der Waals surface area contributed by atoms with Crippen molar-refractivity contribution in [3.8, 4) is 0 Å². The molecule has 1 N–H and O–H groups in total. The van der Waals surface area contributed by atoms with Crippen molar-refractivity contribution >= 4 is 11.6 Å². The van der Waals surface area contributed by atoms with Gasteiger partial charge in [-0.2, -0.15) is 5.10 Å². The number of rotatable bonds is 4. The molecular formula is C11H19ClN2O. The average molecular weight is 231 g/mol. The van der Waals surface area contributed by atoms with E-state index < -0.39 is 5.60 Å².